The minimum absolute atomic E-state index is 0.0343. The third-order valence-corrected chi connectivity index (χ3v) is 4.34. The highest BCUT2D eigenvalue weighted by molar-refractivity contribution is 5.80. The van der Waals surface area contributed by atoms with Crippen LogP contribution in [0, 0.1) is 5.82 Å². The molecule has 2 aromatic rings. The van der Waals surface area contributed by atoms with Gasteiger partial charge in [-0.25, -0.2) is 4.39 Å². The average molecular weight is 313 g/mol. The second kappa shape index (κ2) is 6.82. The molecule has 1 aliphatic heterocycles. The Morgan fingerprint density at radius 2 is 2.09 bits per heavy atom. The maximum Gasteiger partial charge on any atom is 0.227 e. The number of methoxy groups -OCH3 is 1. The van der Waals surface area contributed by atoms with E-state index in [1.54, 1.807) is 13.2 Å². The summed E-state index contributed by atoms with van der Waals surface area (Å²) >= 11 is 0. The van der Waals surface area contributed by atoms with Gasteiger partial charge >= 0.3 is 0 Å². The molecule has 2 aromatic carbocycles. The van der Waals surface area contributed by atoms with Crippen LogP contribution in [0.2, 0.25) is 0 Å². The number of para-hydroxylation sites is 1. The number of amides is 1. The lowest BCUT2D eigenvalue weighted by molar-refractivity contribution is -0.131. The third-order valence-electron chi connectivity index (χ3n) is 4.34. The molecule has 1 aliphatic rings. The minimum Gasteiger partial charge on any atom is -0.496 e. The molecule has 0 aromatic heterocycles. The van der Waals surface area contributed by atoms with Crippen LogP contribution < -0.4 is 4.74 Å². The molecule has 1 saturated heterocycles. The standard InChI is InChI=1S/C19H20FNO2/c1-23-18-10-3-2-6-15(18)13-19(22)21-11-5-9-17(21)14-7-4-8-16(20)12-14/h2-4,6-8,10,12,17H,5,9,11,13H2,1H3/t17-/m0/s1. The zero-order valence-electron chi connectivity index (χ0n) is 13.2. The van der Waals surface area contributed by atoms with Gasteiger partial charge in [-0.15, -0.1) is 0 Å². The Balaban J connectivity index is 1.78. The molecular weight excluding hydrogens is 293 g/mol. The van der Waals surface area contributed by atoms with Gasteiger partial charge in [0.2, 0.25) is 5.91 Å². The van der Waals surface area contributed by atoms with Gasteiger partial charge in [0.15, 0.2) is 0 Å². The summed E-state index contributed by atoms with van der Waals surface area (Å²) in [4.78, 5) is 14.6. The quantitative estimate of drug-likeness (QED) is 0.860. The van der Waals surface area contributed by atoms with E-state index in [-0.39, 0.29) is 17.8 Å². The van der Waals surface area contributed by atoms with Gasteiger partial charge in [-0.2, -0.15) is 0 Å². The highest BCUT2D eigenvalue weighted by atomic mass is 19.1. The molecule has 120 valence electrons. The molecule has 23 heavy (non-hydrogen) atoms. The Labute approximate surface area is 135 Å². The van der Waals surface area contributed by atoms with Gasteiger partial charge in [0.25, 0.3) is 0 Å². The molecular formula is C19H20FNO2. The monoisotopic (exact) mass is 313 g/mol. The van der Waals surface area contributed by atoms with E-state index in [4.69, 9.17) is 4.74 Å². The molecule has 1 fully saturated rings. The van der Waals surface area contributed by atoms with Crippen LogP contribution in [0.1, 0.15) is 30.0 Å². The van der Waals surface area contributed by atoms with Gasteiger partial charge < -0.3 is 9.64 Å². The van der Waals surface area contributed by atoms with Crippen LogP contribution in [0.5, 0.6) is 5.75 Å². The molecule has 3 nitrogen and oxygen atoms in total. The van der Waals surface area contributed by atoms with Crippen molar-refractivity contribution >= 4 is 5.91 Å². The third kappa shape index (κ3) is 3.36. The minimum atomic E-state index is -0.258. The van der Waals surface area contributed by atoms with E-state index in [1.165, 1.54) is 12.1 Å². The summed E-state index contributed by atoms with van der Waals surface area (Å²) in [7, 11) is 1.61. The molecule has 0 saturated carbocycles. The summed E-state index contributed by atoms with van der Waals surface area (Å²) in [6.07, 6.45) is 2.12. The fraction of sp³-hybridized carbons (Fsp3) is 0.316. The maximum absolute atomic E-state index is 13.5. The lowest BCUT2D eigenvalue weighted by Gasteiger charge is -2.25. The number of hydrogen-bond donors (Lipinski definition) is 0. The number of halogens is 1. The first-order valence-electron chi connectivity index (χ1n) is 7.86. The zero-order valence-corrected chi connectivity index (χ0v) is 13.2. The number of nitrogens with zero attached hydrogens (tertiary/aromatic N) is 1. The number of likely N-dealkylation sites (tertiary alicyclic amines) is 1. The number of carbonyl (C=O) groups is 1. The van der Waals surface area contributed by atoms with Crippen LogP contribution in [0.15, 0.2) is 48.5 Å². The number of hydrogen-bond acceptors (Lipinski definition) is 2. The second-order valence-electron chi connectivity index (χ2n) is 5.79. The smallest absolute Gasteiger partial charge is 0.227 e. The van der Waals surface area contributed by atoms with Gasteiger partial charge in [-0.3, -0.25) is 4.79 Å². The van der Waals surface area contributed by atoms with E-state index >= 15 is 0 Å². The van der Waals surface area contributed by atoms with E-state index in [1.807, 2.05) is 35.2 Å². The number of carbonyl (C=O) groups excluding carboxylic acids is 1. The SMILES string of the molecule is COc1ccccc1CC(=O)N1CCC[C@H]1c1cccc(F)c1. The second-order valence-corrected chi connectivity index (χ2v) is 5.79. The van der Waals surface area contributed by atoms with E-state index in [0.717, 1.165) is 36.3 Å². The fourth-order valence-electron chi connectivity index (χ4n) is 3.24. The summed E-state index contributed by atoms with van der Waals surface area (Å²) in [5.41, 5.74) is 1.75. The molecule has 1 heterocycles. The van der Waals surface area contributed by atoms with Crippen molar-refractivity contribution in [2.24, 2.45) is 0 Å². The summed E-state index contributed by atoms with van der Waals surface area (Å²) in [6, 6.07) is 14.1. The molecule has 0 bridgehead atoms. The van der Waals surface area contributed by atoms with Gasteiger partial charge in [0.1, 0.15) is 11.6 Å². The normalized spacial score (nSPS) is 17.3. The van der Waals surface area contributed by atoms with Crippen molar-refractivity contribution in [2.75, 3.05) is 13.7 Å². The number of benzene rings is 2. The van der Waals surface area contributed by atoms with Crippen molar-refractivity contribution in [1.29, 1.82) is 0 Å². The van der Waals surface area contributed by atoms with Gasteiger partial charge in [-0.05, 0) is 36.6 Å². The summed E-state index contributed by atoms with van der Waals surface area (Å²) in [5, 5.41) is 0. The summed E-state index contributed by atoms with van der Waals surface area (Å²) in [5.74, 6) is 0.523. The van der Waals surface area contributed by atoms with Crippen LogP contribution in [-0.2, 0) is 11.2 Å². The lowest BCUT2D eigenvalue weighted by Crippen LogP contribution is -2.32. The molecule has 4 heteroatoms. The van der Waals surface area contributed by atoms with E-state index < -0.39 is 0 Å². The van der Waals surface area contributed by atoms with Crippen molar-refractivity contribution in [1.82, 2.24) is 4.90 Å². The Hall–Kier alpha value is -2.36. The lowest BCUT2D eigenvalue weighted by atomic mass is 10.0. The predicted molar refractivity (Wildman–Crippen MR) is 86.8 cm³/mol. The molecule has 0 spiro atoms. The Morgan fingerprint density at radius 1 is 1.26 bits per heavy atom. The molecule has 0 N–H and O–H groups in total. The summed E-state index contributed by atoms with van der Waals surface area (Å²) < 4.78 is 18.8. The fourth-order valence-corrected chi connectivity index (χ4v) is 3.24. The molecule has 0 unspecified atom stereocenters. The number of ether oxygens (including phenoxy) is 1. The zero-order chi connectivity index (χ0) is 16.2. The summed E-state index contributed by atoms with van der Waals surface area (Å²) in [6.45, 7) is 0.717. The van der Waals surface area contributed by atoms with Crippen molar-refractivity contribution in [3.63, 3.8) is 0 Å². The van der Waals surface area contributed by atoms with Crippen molar-refractivity contribution in [3.05, 3.63) is 65.5 Å². The van der Waals surface area contributed by atoms with Gasteiger partial charge in [-0.1, -0.05) is 30.3 Å². The predicted octanol–water partition coefficient (Wildman–Crippen LogP) is 3.74. The van der Waals surface area contributed by atoms with E-state index in [2.05, 4.69) is 0 Å². The van der Waals surface area contributed by atoms with Crippen molar-refractivity contribution in [2.45, 2.75) is 25.3 Å². The molecule has 0 radical (unpaired) electrons. The molecule has 0 aliphatic carbocycles. The van der Waals surface area contributed by atoms with Crippen molar-refractivity contribution in [3.8, 4) is 5.75 Å². The first-order chi connectivity index (χ1) is 11.2. The van der Waals surface area contributed by atoms with E-state index in [9.17, 15) is 9.18 Å². The Morgan fingerprint density at radius 3 is 2.87 bits per heavy atom. The topological polar surface area (TPSA) is 29.5 Å². The molecule has 3 rings (SSSR count). The highest BCUT2D eigenvalue weighted by Gasteiger charge is 2.30. The van der Waals surface area contributed by atoms with Crippen molar-refractivity contribution < 1.29 is 13.9 Å². The van der Waals surface area contributed by atoms with Gasteiger partial charge in [0, 0.05) is 12.1 Å². The van der Waals surface area contributed by atoms with E-state index in [0.29, 0.717) is 6.42 Å². The van der Waals surface area contributed by atoms with Crippen LogP contribution in [0.4, 0.5) is 4.39 Å². The molecule has 1 atom stereocenters. The number of rotatable bonds is 4. The Kier molecular flexibility index (Phi) is 4.60. The first kappa shape index (κ1) is 15.5. The highest BCUT2D eigenvalue weighted by Crippen LogP contribution is 2.33. The van der Waals surface area contributed by atoms with Gasteiger partial charge in [0.05, 0.1) is 19.6 Å². The van der Waals surface area contributed by atoms with Crippen LogP contribution >= 0.6 is 0 Å². The maximum atomic E-state index is 13.5. The average Bonchev–Trinajstić information content (AvgIpc) is 3.05. The van der Waals surface area contributed by atoms with Crippen LogP contribution in [-0.4, -0.2) is 24.5 Å². The largest absolute Gasteiger partial charge is 0.496 e. The van der Waals surface area contributed by atoms with Crippen LogP contribution in [0.25, 0.3) is 0 Å². The molecule has 1 amide bonds. The van der Waals surface area contributed by atoms with Crippen LogP contribution in [0.3, 0.4) is 0 Å². The first-order valence-corrected chi connectivity index (χ1v) is 7.86. The Bertz CT molecular complexity index is 701.